The number of benzene rings is 2. The van der Waals surface area contributed by atoms with E-state index in [0.29, 0.717) is 37.4 Å². The SMILES string of the molecule is C=CCOc1ccc(-c2ccc(C3CCC(OCC)OC3)c(C(F)(F)F)c2F)cc1. The summed E-state index contributed by atoms with van der Waals surface area (Å²) in [6.07, 6.45) is -2.77. The molecular weight excluding hydrogens is 400 g/mol. The van der Waals surface area contributed by atoms with E-state index in [9.17, 15) is 13.2 Å². The molecule has 2 aromatic rings. The molecule has 2 unspecified atom stereocenters. The second-order valence-corrected chi connectivity index (χ2v) is 7.01. The summed E-state index contributed by atoms with van der Waals surface area (Å²) in [6, 6.07) is 9.00. The summed E-state index contributed by atoms with van der Waals surface area (Å²) in [5.74, 6) is -1.29. The molecule has 0 radical (unpaired) electrons. The number of hydrogen-bond acceptors (Lipinski definition) is 3. The van der Waals surface area contributed by atoms with Gasteiger partial charge >= 0.3 is 6.18 Å². The second-order valence-electron chi connectivity index (χ2n) is 7.01. The molecule has 0 aromatic heterocycles. The van der Waals surface area contributed by atoms with E-state index in [1.54, 1.807) is 18.2 Å². The number of hydrogen-bond donors (Lipinski definition) is 0. The fourth-order valence-corrected chi connectivity index (χ4v) is 3.62. The minimum atomic E-state index is -4.82. The quantitative estimate of drug-likeness (QED) is 0.384. The van der Waals surface area contributed by atoms with E-state index in [-0.39, 0.29) is 17.7 Å². The van der Waals surface area contributed by atoms with E-state index in [1.807, 2.05) is 6.92 Å². The van der Waals surface area contributed by atoms with Gasteiger partial charge in [0.2, 0.25) is 0 Å². The predicted molar refractivity (Wildman–Crippen MR) is 106 cm³/mol. The first kappa shape index (κ1) is 22.3. The van der Waals surface area contributed by atoms with Crippen LogP contribution >= 0.6 is 0 Å². The van der Waals surface area contributed by atoms with Crippen molar-refractivity contribution >= 4 is 0 Å². The van der Waals surface area contributed by atoms with Crippen LogP contribution in [0, 0.1) is 5.82 Å². The number of ether oxygens (including phenoxy) is 3. The van der Waals surface area contributed by atoms with Gasteiger partial charge in [-0.1, -0.05) is 36.9 Å². The summed E-state index contributed by atoms with van der Waals surface area (Å²) in [4.78, 5) is 0. The highest BCUT2D eigenvalue weighted by Crippen LogP contribution is 2.43. The van der Waals surface area contributed by atoms with Gasteiger partial charge in [0.25, 0.3) is 0 Å². The molecule has 1 aliphatic rings. The molecule has 0 aliphatic carbocycles. The van der Waals surface area contributed by atoms with Crippen molar-refractivity contribution in [3.63, 3.8) is 0 Å². The number of halogens is 4. The summed E-state index contributed by atoms with van der Waals surface area (Å²) in [5.41, 5.74) is -1.07. The average molecular weight is 424 g/mol. The van der Waals surface area contributed by atoms with E-state index in [2.05, 4.69) is 6.58 Å². The molecule has 3 rings (SSSR count). The molecule has 0 saturated carbocycles. The second kappa shape index (κ2) is 9.62. The van der Waals surface area contributed by atoms with Crippen LogP contribution in [0.1, 0.15) is 36.8 Å². The zero-order chi connectivity index (χ0) is 21.7. The van der Waals surface area contributed by atoms with Gasteiger partial charge in [-0.05, 0) is 43.0 Å². The van der Waals surface area contributed by atoms with Gasteiger partial charge in [-0.15, -0.1) is 0 Å². The summed E-state index contributed by atoms with van der Waals surface area (Å²) >= 11 is 0. The van der Waals surface area contributed by atoms with Crippen molar-refractivity contribution in [3.05, 3.63) is 66.0 Å². The molecule has 1 aliphatic heterocycles. The Morgan fingerprint density at radius 2 is 1.87 bits per heavy atom. The fraction of sp³-hybridized carbons (Fsp3) is 0.391. The smallest absolute Gasteiger partial charge is 0.419 e. The Morgan fingerprint density at radius 3 is 2.43 bits per heavy atom. The van der Waals surface area contributed by atoms with Gasteiger partial charge in [-0.3, -0.25) is 0 Å². The maximum absolute atomic E-state index is 15.1. The molecule has 1 fully saturated rings. The van der Waals surface area contributed by atoms with Crippen molar-refractivity contribution in [3.8, 4) is 16.9 Å². The first-order valence-corrected chi connectivity index (χ1v) is 9.82. The Balaban J connectivity index is 1.92. The highest BCUT2D eigenvalue weighted by atomic mass is 19.4. The van der Waals surface area contributed by atoms with Crippen molar-refractivity contribution in [2.45, 2.75) is 38.1 Å². The van der Waals surface area contributed by atoms with Gasteiger partial charge in [-0.25, -0.2) is 4.39 Å². The lowest BCUT2D eigenvalue weighted by atomic mass is 9.87. The maximum Gasteiger partial charge on any atom is 0.419 e. The normalized spacial score (nSPS) is 19.5. The van der Waals surface area contributed by atoms with Crippen molar-refractivity contribution < 1.29 is 31.8 Å². The van der Waals surface area contributed by atoms with Crippen LogP contribution in [0.4, 0.5) is 17.6 Å². The van der Waals surface area contributed by atoms with Gasteiger partial charge in [0.15, 0.2) is 6.29 Å². The minimum Gasteiger partial charge on any atom is -0.490 e. The third-order valence-corrected chi connectivity index (χ3v) is 5.02. The van der Waals surface area contributed by atoms with Gasteiger partial charge in [0, 0.05) is 18.1 Å². The van der Waals surface area contributed by atoms with E-state index < -0.39 is 29.8 Å². The molecule has 162 valence electrons. The van der Waals surface area contributed by atoms with Gasteiger partial charge in [0.1, 0.15) is 18.2 Å². The van der Waals surface area contributed by atoms with E-state index in [0.717, 1.165) is 0 Å². The molecule has 1 heterocycles. The van der Waals surface area contributed by atoms with Crippen LogP contribution in [-0.4, -0.2) is 26.1 Å². The lowest BCUT2D eigenvalue weighted by Gasteiger charge is -2.30. The largest absolute Gasteiger partial charge is 0.490 e. The first-order chi connectivity index (χ1) is 14.3. The highest BCUT2D eigenvalue weighted by Gasteiger charge is 2.40. The van der Waals surface area contributed by atoms with E-state index >= 15 is 4.39 Å². The van der Waals surface area contributed by atoms with Crippen molar-refractivity contribution in [1.82, 2.24) is 0 Å². The third kappa shape index (κ3) is 5.02. The van der Waals surface area contributed by atoms with E-state index in [4.69, 9.17) is 14.2 Å². The monoisotopic (exact) mass is 424 g/mol. The van der Waals surface area contributed by atoms with Crippen LogP contribution in [0.5, 0.6) is 5.75 Å². The van der Waals surface area contributed by atoms with Crippen LogP contribution < -0.4 is 4.74 Å². The lowest BCUT2D eigenvalue weighted by Crippen LogP contribution is -2.28. The van der Waals surface area contributed by atoms with Crippen molar-refractivity contribution in [2.75, 3.05) is 19.8 Å². The molecule has 0 bridgehead atoms. The number of alkyl halides is 3. The molecule has 1 saturated heterocycles. The predicted octanol–water partition coefficient (Wildman–Crippen LogP) is 6.33. The Bertz CT molecular complexity index is 854. The molecular formula is C23H24F4O3. The van der Waals surface area contributed by atoms with Crippen molar-refractivity contribution in [2.24, 2.45) is 0 Å². The molecule has 0 spiro atoms. The Labute approximate surface area is 173 Å². The third-order valence-electron chi connectivity index (χ3n) is 5.02. The summed E-state index contributed by atoms with van der Waals surface area (Å²) < 4.78 is 72.9. The van der Waals surface area contributed by atoms with Crippen LogP contribution in [0.25, 0.3) is 11.1 Å². The van der Waals surface area contributed by atoms with E-state index in [1.165, 1.54) is 24.3 Å². The Hall–Kier alpha value is -2.38. The van der Waals surface area contributed by atoms with Crippen LogP contribution in [0.2, 0.25) is 0 Å². The first-order valence-electron chi connectivity index (χ1n) is 9.82. The van der Waals surface area contributed by atoms with Crippen molar-refractivity contribution in [1.29, 1.82) is 0 Å². The zero-order valence-corrected chi connectivity index (χ0v) is 16.7. The topological polar surface area (TPSA) is 27.7 Å². The molecule has 30 heavy (non-hydrogen) atoms. The van der Waals surface area contributed by atoms with Crippen LogP contribution in [-0.2, 0) is 15.7 Å². The molecule has 7 heteroatoms. The molecule has 2 atom stereocenters. The van der Waals surface area contributed by atoms with Gasteiger partial charge in [0.05, 0.1) is 12.2 Å². The lowest BCUT2D eigenvalue weighted by molar-refractivity contribution is -0.166. The van der Waals surface area contributed by atoms with Gasteiger partial charge in [-0.2, -0.15) is 13.2 Å². The average Bonchev–Trinajstić information content (AvgIpc) is 2.72. The standard InChI is InChI=1S/C23H24F4O3/c1-3-13-29-17-8-5-15(6-9-17)19-11-10-18(21(22(19)24)23(25,26)27)16-7-12-20(28-4-2)30-14-16/h3,5-6,8-11,16,20H,1,4,7,12-14H2,2H3. The fourth-order valence-electron chi connectivity index (χ4n) is 3.62. The molecule has 0 amide bonds. The van der Waals surface area contributed by atoms with Crippen LogP contribution in [0.3, 0.4) is 0 Å². The Kier molecular flexibility index (Phi) is 7.15. The molecule has 3 nitrogen and oxygen atoms in total. The minimum absolute atomic E-state index is 0.0574. The Morgan fingerprint density at radius 1 is 1.13 bits per heavy atom. The highest BCUT2D eigenvalue weighted by molar-refractivity contribution is 5.67. The zero-order valence-electron chi connectivity index (χ0n) is 16.7. The summed E-state index contributed by atoms with van der Waals surface area (Å²) in [6.45, 7) is 6.19. The molecule has 0 N–H and O–H groups in total. The maximum atomic E-state index is 15.1. The van der Waals surface area contributed by atoms with Gasteiger partial charge < -0.3 is 14.2 Å². The summed E-state index contributed by atoms with van der Waals surface area (Å²) in [7, 11) is 0. The van der Waals surface area contributed by atoms with Crippen LogP contribution in [0.15, 0.2) is 49.1 Å². The molecule has 2 aromatic carbocycles. The number of rotatable bonds is 7. The summed E-state index contributed by atoms with van der Waals surface area (Å²) in [5, 5.41) is 0.